The zero-order valence-electron chi connectivity index (χ0n) is 19.0. The second kappa shape index (κ2) is 9.23. The van der Waals surface area contributed by atoms with Crippen molar-refractivity contribution >= 4 is 11.7 Å². The summed E-state index contributed by atoms with van der Waals surface area (Å²) in [6.45, 7) is 4.57. The molecule has 6 rings (SSSR count). The Morgan fingerprint density at radius 1 is 1.24 bits per heavy atom. The number of fused-ring (bicyclic) bond motifs is 3. The number of hydrogen-bond donors (Lipinski definition) is 2. The predicted molar refractivity (Wildman–Crippen MR) is 125 cm³/mol. The molecular weight excluding hydrogens is 418 g/mol. The summed E-state index contributed by atoms with van der Waals surface area (Å²) in [5, 5.41) is 5.93. The molecule has 2 N–H and O–H groups in total. The molecule has 1 unspecified atom stereocenters. The van der Waals surface area contributed by atoms with Gasteiger partial charge in [-0.2, -0.15) is 0 Å². The molecule has 0 spiro atoms. The van der Waals surface area contributed by atoms with Gasteiger partial charge in [-0.1, -0.05) is 0 Å². The lowest BCUT2D eigenvalue weighted by molar-refractivity contribution is 0.0307. The Hall–Kier alpha value is -3.39. The molecule has 5 heterocycles. The SMILES string of the molecule is COc1ccc(NC(=O)NC[C@H]2C[C@@H]3CCN2C[C@@H]3c2cc(-c3ccco3)nc(C)n2)cc1. The smallest absolute Gasteiger partial charge is 0.319 e. The van der Waals surface area contributed by atoms with Crippen LogP contribution in [0.2, 0.25) is 0 Å². The van der Waals surface area contributed by atoms with Gasteiger partial charge in [-0.25, -0.2) is 14.8 Å². The van der Waals surface area contributed by atoms with Gasteiger partial charge in [-0.15, -0.1) is 0 Å². The van der Waals surface area contributed by atoms with E-state index in [4.69, 9.17) is 14.1 Å². The molecule has 3 aromatic rings. The molecule has 3 aliphatic heterocycles. The summed E-state index contributed by atoms with van der Waals surface area (Å²) in [5.74, 6) is 3.22. The van der Waals surface area contributed by atoms with Crippen molar-refractivity contribution < 1.29 is 13.9 Å². The molecule has 172 valence electrons. The van der Waals surface area contributed by atoms with Crippen molar-refractivity contribution in [2.45, 2.75) is 31.7 Å². The van der Waals surface area contributed by atoms with Crippen molar-refractivity contribution in [3.05, 3.63) is 60.2 Å². The number of benzene rings is 1. The highest BCUT2D eigenvalue weighted by atomic mass is 16.5. The fourth-order valence-corrected chi connectivity index (χ4v) is 5.08. The highest BCUT2D eigenvalue weighted by molar-refractivity contribution is 5.89. The first-order valence-electron chi connectivity index (χ1n) is 11.4. The molecule has 3 fully saturated rings. The largest absolute Gasteiger partial charge is 0.497 e. The minimum Gasteiger partial charge on any atom is -0.497 e. The molecule has 2 amide bonds. The van der Waals surface area contributed by atoms with Crippen LogP contribution in [0.15, 0.2) is 53.1 Å². The number of carbonyl (C=O) groups excluding carboxylic acids is 1. The molecule has 8 nitrogen and oxygen atoms in total. The normalized spacial score (nSPS) is 23.8. The molecule has 3 aliphatic rings. The maximum Gasteiger partial charge on any atom is 0.319 e. The zero-order valence-corrected chi connectivity index (χ0v) is 19.0. The van der Waals surface area contributed by atoms with E-state index >= 15 is 0 Å². The molecule has 2 bridgehead atoms. The Kier molecular flexibility index (Phi) is 6.00. The molecule has 3 saturated heterocycles. The van der Waals surface area contributed by atoms with Crippen LogP contribution in [0.5, 0.6) is 5.75 Å². The van der Waals surface area contributed by atoms with Crippen molar-refractivity contribution in [3.8, 4) is 17.2 Å². The number of carbonyl (C=O) groups is 1. The fraction of sp³-hybridized carbons (Fsp3) is 0.400. The van der Waals surface area contributed by atoms with Crippen LogP contribution >= 0.6 is 0 Å². The van der Waals surface area contributed by atoms with Crippen LogP contribution in [0.25, 0.3) is 11.5 Å². The minimum absolute atomic E-state index is 0.186. The number of amides is 2. The second-order valence-electron chi connectivity index (χ2n) is 8.81. The first-order valence-corrected chi connectivity index (χ1v) is 11.4. The lowest BCUT2D eigenvalue weighted by Gasteiger charge is -2.49. The summed E-state index contributed by atoms with van der Waals surface area (Å²) in [6.07, 6.45) is 3.87. The van der Waals surface area contributed by atoms with Gasteiger partial charge in [0.1, 0.15) is 17.3 Å². The summed E-state index contributed by atoms with van der Waals surface area (Å²) in [4.78, 5) is 24.2. The number of urea groups is 1. The summed E-state index contributed by atoms with van der Waals surface area (Å²) in [6, 6.07) is 13.4. The van der Waals surface area contributed by atoms with Gasteiger partial charge in [-0.05, 0) is 74.7 Å². The molecule has 33 heavy (non-hydrogen) atoms. The maximum absolute atomic E-state index is 12.4. The Bertz CT molecular complexity index is 1100. The Morgan fingerprint density at radius 2 is 2.09 bits per heavy atom. The number of aromatic nitrogens is 2. The third kappa shape index (κ3) is 4.71. The summed E-state index contributed by atoms with van der Waals surface area (Å²) < 4.78 is 10.7. The number of rotatable bonds is 6. The first kappa shape index (κ1) is 21.5. The van der Waals surface area contributed by atoms with Crippen molar-refractivity contribution in [2.24, 2.45) is 5.92 Å². The van der Waals surface area contributed by atoms with E-state index < -0.39 is 0 Å². The first-order chi connectivity index (χ1) is 16.1. The lowest BCUT2D eigenvalue weighted by Crippen LogP contribution is -2.56. The third-order valence-electron chi connectivity index (χ3n) is 6.74. The van der Waals surface area contributed by atoms with Gasteiger partial charge in [0.2, 0.25) is 0 Å². The van der Waals surface area contributed by atoms with Gasteiger partial charge < -0.3 is 19.8 Å². The van der Waals surface area contributed by atoms with Crippen LogP contribution in [-0.4, -0.2) is 53.7 Å². The second-order valence-corrected chi connectivity index (χ2v) is 8.81. The van der Waals surface area contributed by atoms with Gasteiger partial charge in [0.05, 0.1) is 13.4 Å². The van der Waals surface area contributed by atoms with Gasteiger partial charge in [0, 0.05) is 36.4 Å². The summed E-state index contributed by atoms with van der Waals surface area (Å²) in [7, 11) is 1.62. The highest BCUT2D eigenvalue weighted by Gasteiger charge is 2.41. The van der Waals surface area contributed by atoms with Crippen molar-refractivity contribution in [3.63, 3.8) is 0 Å². The van der Waals surface area contributed by atoms with Gasteiger partial charge in [0.25, 0.3) is 0 Å². The quantitative estimate of drug-likeness (QED) is 0.592. The predicted octanol–water partition coefficient (Wildman–Crippen LogP) is 4.05. The number of aryl methyl sites for hydroxylation is 1. The molecule has 1 aromatic carbocycles. The van der Waals surface area contributed by atoms with Crippen LogP contribution in [0.3, 0.4) is 0 Å². The van der Waals surface area contributed by atoms with Crippen LogP contribution < -0.4 is 15.4 Å². The lowest BCUT2D eigenvalue weighted by atomic mass is 9.74. The van der Waals surface area contributed by atoms with E-state index in [1.54, 1.807) is 13.4 Å². The van der Waals surface area contributed by atoms with E-state index in [9.17, 15) is 4.79 Å². The molecular formula is C25H29N5O3. The Labute approximate surface area is 193 Å². The van der Waals surface area contributed by atoms with Crippen molar-refractivity contribution in [1.29, 1.82) is 0 Å². The van der Waals surface area contributed by atoms with Gasteiger partial charge in [0.15, 0.2) is 5.76 Å². The van der Waals surface area contributed by atoms with Gasteiger partial charge >= 0.3 is 6.03 Å². The van der Waals surface area contributed by atoms with Crippen LogP contribution in [0.4, 0.5) is 10.5 Å². The maximum atomic E-state index is 12.4. The van der Waals surface area contributed by atoms with E-state index in [0.717, 1.165) is 60.3 Å². The Morgan fingerprint density at radius 3 is 2.79 bits per heavy atom. The van der Waals surface area contributed by atoms with Crippen LogP contribution in [0, 0.1) is 12.8 Å². The monoisotopic (exact) mass is 447 g/mol. The fourth-order valence-electron chi connectivity index (χ4n) is 5.08. The van der Waals surface area contributed by atoms with Gasteiger partial charge in [-0.3, -0.25) is 4.90 Å². The number of methoxy groups -OCH3 is 1. The van der Waals surface area contributed by atoms with E-state index in [1.807, 2.05) is 43.3 Å². The molecule has 2 aromatic heterocycles. The molecule has 0 aliphatic carbocycles. The summed E-state index contributed by atoms with van der Waals surface area (Å²) >= 11 is 0. The number of nitrogens with zero attached hydrogens (tertiary/aromatic N) is 3. The topological polar surface area (TPSA) is 92.5 Å². The highest BCUT2D eigenvalue weighted by Crippen LogP contribution is 2.41. The van der Waals surface area contributed by atoms with Crippen molar-refractivity contribution in [1.82, 2.24) is 20.2 Å². The van der Waals surface area contributed by atoms with Crippen LogP contribution in [-0.2, 0) is 0 Å². The standard InChI is InChI=1S/C25H29N5O3/c1-16-27-22(13-23(28-16)24-4-3-11-33-24)21-15-30-10-9-17(21)12-19(30)14-26-25(31)29-18-5-7-20(32-2)8-6-18/h3-8,11,13,17,19,21H,9-10,12,14-15H2,1-2H3,(H2,26,29,31)/t17-,19+,21-/m0/s1. The van der Waals surface area contributed by atoms with E-state index in [-0.39, 0.29) is 6.03 Å². The zero-order chi connectivity index (χ0) is 22.8. The van der Waals surface area contributed by atoms with E-state index in [2.05, 4.69) is 26.6 Å². The average molecular weight is 448 g/mol. The third-order valence-corrected chi connectivity index (χ3v) is 6.74. The van der Waals surface area contributed by atoms with E-state index in [0.29, 0.717) is 24.4 Å². The molecule has 0 saturated carbocycles. The average Bonchev–Trinajstić information content (AvgIpc) is 3.38. The number of anilines is 1. The number of ether oxygens (including phenoxy) is 1. The number of hydrogen-bond acceptors (Lipinski definition) is 6. The summed E-state index contributed by atoms with van der Waals surface area (Å²) in [5.41, 5.74) is 2.67. The number of furan rings is 1. The number of piperidine rings is 3. The van der Waals surface area contributed by atoms with Crippen LogP contribution in [0.1, 0.15) is 30.3 Å². The van der Waals surface area contributed by atoms with E-state index in [1.165, 1.54) is 0 Å². The molecule has 8 heteroatoms. The Balaban J connectivity index is 1.20. The number of nitrogens with one attached hydrogen (secondary N) is 2. The molecule has 0 radical (unpaired) electrons. The molecule has 4 atom stereocenters. The van der Waals surface area contributed by atoms with Crippen molar-refractivity contribution in [2.75, 3.05) is 32.1 Å². The minimum atomic E-state index is -0.186.